The summed E-state index contributed by atoms with van der Waals surface area (Å²) in [5, 5.41) is 0. The van der Waals surface area contributed by atoms with Gasteiger partial charge in [-0.2, -0.15) is 0 Å². The van der Waals surface area contributed by atoms with Crippen molar-refractivity contribution in [2.24, 2.45) is 0 Å². The molecule has 0 bridgehead atoms. The minimum Gasteiger partial charge on any atom is -0.480 e. The van der Waals surface area contributed by atoms with Crippen LogP contribution in [0.25, 0.3) is 0 Å². The zero-order valence-electron chi connectivity index (χ0n) is 21.3. The monoisotopic (exact) mass is 514 g/mol. The Balaban J connectivity index is 1.27. The van der Waals surface area contributed by atoms with Gasteiger partial charge in [-0.15, -0.1) is 0 Å². The number of fused-ring (bicyclic) bond motifs is 2. The Bertz CT molecular complexity index is 1210. The standard InChI is InChI=1S/C30H30N2O6/c33-29-23-7-5-9-25(37-17-3-1-11-31-13-19-35-20-14-31)27(23)30(34)28-24(29)8-6-10-26(28)38-18-4-2-12-32-15-21-36-22-16-32/h5-10H,11-22H2. The molecule has 0 aromatic heterocycles. The van der Waals surface area contributed by atoms with Crippen LogP contribution in [0.5, 0.6) is 11.5 Å². The number of ether oxygens (including phenoxy) is 4. The molecular weight excluding hydrogens is 484 g/mol. The maximum absolute atomic E-state index is 13.7. The lowest BCUT2D eigenvalue weighted by Crippen LogP contribution is -2.36. The summed E-state index contributed by atoms with van der Waals surface area (Å²) >= 11 is 0. The molecule has 0 saturated carbocycles. The summed E-state index contributed by atoms with van der Waals surface area (Å²) in [4.78, 5) is 31.4. The Hall–Kier alpha value is -3.66. The number of morpholine rings is 2. The van der Waals surface area contributed by atoms with E-state index in [0.717, 1.165) is 52.6 Å². The zero-order valence-corrected chi connectivity index (χ0v) is 21.3. The molecule has 38 heavy (non-hydrogen) atoms. The van der Waals surface area contributed by atoms with E-state index in [2.05, 4.69) is 33.5 Å². The number of ketones is 2. The number of benzene rings is 2. The average Bonchev–Trinajstić information content (AvgIpc) is 2.96. The third kappa shape index (κ3) is 6.07. The molecule has 2 heterocycles. The molecule has 2 aromatic carbocycles. The van der Waals surface area contributed by atoms with Crippen LogP contribution in [-0.4, -0.2) is 100 Å². The van der Waals surface area contributed by atoms with Crippen LogP contribution in [0, 0.1) is 23.7 Å². The van der Waals surface area contributed by atoms with Crippen LogP contribution < -0.4 is 9.47 Å². The predicted molar refractivity (Wildman–Crippen MR) is 141 cm³/mol. The Morgan fingerprint density at radius 3 is 1.53 bits per heavy atom. The van der Waals surface area contributed by atoms with Gasteiger partial charge in [-0.3, -0.25) is 19.4 Å². The average molecular weight is 515 g/mol. The van der Waals surface area contributed by atoms with E-state index >= 15 is 0 Å². The molecular formula is C30H30N2O6. The lowest BCUT2D eigenvalue weighted by molar-refractivity contribution is 0.0443. The Kier molecular flexibility index (Phi) is 8.70. The molecule has 2 saturated heterocycles. The Labute approximate surface area is 222 Å². The van der Waals surface area contributed by atoms with Crippen molar-refractivity contribution in [3.8, 4) is 35.2 Å². The summed E-state index contributed by atoms with van der Waals surface area (Å²) < 4.78 is 22.4. The van der Waals surface area contributed by atoms with Crippen molar-refractivity contribution in [3.63, 3.8) is 0 Å². The lowest BCUT2D eigenvalue weighted by Gasteiger charge is -2.24. The van der Waals surface area contributed by atoms with Gasteiger partial charge >= 0.3 is 0 Å². The van der Waals surface area contributed by atoms with Crippen LogP contribution in [0.15, 0.2) is 36.4 Å². The number of carbonyl (C=O) groups is 2. The van der Waals surface area contributed by atoms with Crippen LogP contribution >= 0.6 is 0 Å². The van der Waals surface area contributed by atoms with Gasteiger partial charge in [0.25, 0.3) is 0 Å². The van der Waals surface area contributed by atoms with Gasteiger partial charge in [-0.1, -0.05) is 47.9 Å². The third-order valence-corrected chi connectivity index (χ3v) is 6.66. The van der Waals surface area contributed by atoms with E-state index in [1.807, 2.05) is 0 Å². The van der Waals surface area contributed by atoms with Crippen molar-refractivity contribution in [1.82, 2.24) is 9.80 Å². The first-order valence-electron chi connectivity index (χ1n) is 12.8. The number of nitrogens with zero attached hydrogens (tertiary/aromatic N) is 2. The highest BCUT2D eigenvalue weighted by atomic mass is 16.5. The summed E-state index contributed by atoms with van der Waals surface area (Å²) in [5.74, 6) is 12.4. The number of carbonyl (C=O) groups excluding carboxylic acids is 2. The highest BCUT2D eigenvalue weighted by Crippen LogP contribution is 2.37. The molecule has 8 heteroatoms. The molecule has 0 N–H and O–H groups in total. The van der Waals surface area contributed by atoms with Crippen molar-refractivity contribution >= 4 is 11.6 Å². The molecule has 2 fully saturated rings. The van der Waals surface area contributed by atoms with Gasteiger partial charge in [0.15, 0.2) is 5.78 Å². The van der Waals surface area contributed by atoms with Crippen LogP contribution in [0.3, 0.4) is 0 Å². The number of rotatable bonds is 6. The quantitative estimate of drug-likeness (QED) is 0.462. The van der Waals surface area contributed by atoms with Crippen LogP contribution in [0.4, 0.5) is 0 Å². The first kappa shape index (κ1) is 26.0. The van der Waals surface area contributed by atoms with E-state index in [1.54, 1.807) is 36.4 Å². The van der Waals surface area contributed by atoms with Crippen molar-refractivity contribution in [1.29, 1.82) is 0 Å². The number of hydrogen-bond acceptors (Lipinski definition) is 8. The zero-order chi connectivity index (χ0) is 26.2. The second-order valence-electron chi connectivity index (χ2n) is 9.08. The smallest absolute Gasteiger partial charge is 0.201 e. The lowest BCUT2D eigenvalue weighted by atomic mass is 9.83. The molecule has 1 aliphatic carbocycles. The highest BCUT2D eigenvalue weighted by molar-refractivity contribution is 6.30. The summed E-state index contributed by atoms with van der Waals surface area (Å²) in [5.41, 5.74) is 1.14. The minimum atomic E-state index is -0.302. The fourth-order valence-electron chi connectivity index (χ4n) is 4.60. The molecule has 8 nitrogen and oxygen atoms in total. The first-order chi connectivity index (χ1) is 18.7. The molecule has 0 unspecified atom stereocenters. The fourth-order valence-corrected chi connectivity index (χ4v) is 4.60. The molecule has 0 amide bonds. The first-order valence-corrected chi connectivity index (χ1v) is 12.8. The molecule has 2 aromatic rings. The maximum atomic E-state index is 13.7. The maximum Gasteiger partial charge on any atom is 0.201 e. The minimum absolute atomic E-state index is 0.117. The molecule has 3 aliphatic rings. The van der Waals surface area contributed by atoms with E-state index < -0.39 is 0 Å². The van der Waals surface area contributed by atoms with Crippen molar-refractivity contribution in [3.05, 3.63) is 58.7 Å². The summed E-state index contributed by atoms with van der Waals surface area (Å²) in [6.07, 6.45) is 0. The highest BCUT2D eigenvalue weighted by Gasteiger charge is 2.34. The van der Waals surface area contributed by atoms with Crippen molar-refractivity contribution in [2.75, 3.05) is 78.9 Å². The van der Waals surface area contributed by atoms with Gasteiger partial charge in [0, 0.05) is 37.3 Å². The summed E-state index contributed by atoms with van der Waals surface area (Å²) in [6.45, 7) is 7.85. The van der Waals surface area contributed by atoms with Gasteiger partial charge in [-0.05, 0) is 12.1 Å². The topological polar surface area (TPSA) is 77.5 Å². The van der Waals surface area contributed by atoms with E-state index in [0.29, 0.717) is 35.7 Å². The van der Waals surface area contributed by atoms with Crippen LogP contribution in [0.2, 0.25) is 0 Å². The fraction of sp³-hybridized carbons (Fsp3) is 0.400. The summed E-state index contributed by atoms with van der Waals surface area (Å²) in [6, 6.07) is 10.1. The third-order valence-electron chi connectivity index (χ3n) is 6.66. The van der Waals surface area contributed by atoms with Gasteiger partial charge in [0.05, 0.1) is 50.6 Å². The second kappa shape index (κ2) is 12.7. The second-order valence-corrected chi connectivity index (χ2v) is 9.08. The van der Waals surface area contributed by atoms with Crippen molar-refractivity contribution < 1.29 is 28.5 Å². The van der Waals surface area contributed by atoms with Gasteiger partial charge in [0.1, 0.15) is 24.7 Å². The normalized spacial score (nSPS) is 17.4. The molecule has 0 spiro atoms. The van der Waals surface area contributed by atoms with E-state index in [9.17, 15) is 9.59 Å². The molecule has 0 atom stereocenters. The van der Waals surface area contributed by atoms with E-state index in [4.69, 9.17) is 18.9 Å². The Morgan fingerprint density at radius 2 is 1.08 bits per heavy atom. The van der Waals surface area contributed by atoms with Gasteiger partial charge in [0.2, 0.25) is 5.78 Å². The SMILES string of the molecule is O=C1c2cccc(OCC#CCN3CCOCC3)c2C(=O)c2c(OCC#CCN3CCOCC3)cccc21. The molecule has 5 rings (SSSR count). The van der Waals surface area contributed by atoms with E-state index in [1.165, 1.54) is 0 Å². The summed E-state index contributed by atoms with van der Waals surface area (Å²) in [7, 11) is 0. The van der Waals surface area contributed by atoms with Crippen molar-refractivity contribution in [2.45, 2.75) is 0 Å². The van der Waals surface area contributed by atoms with Crippen LogP contribution in [-0.2, 0) is 9.47 Å². The van der Waals surface area contributed by atoms with Crippen LogP contribution in [0.1, 0.15) is 31.8 Å². The van der Waals surface area contributed by atoms with Gasteiger partial charge < -0.3 is 18.9 Å². The predicted octanol–water partition coefficient (Wildman–Crippen LogP) is 1.89. The van der Waals surface area contributed by atoms with E-state index in [-0.39, 0.29) is 35.9 Å². The van der Waals surface area contributed by atoms with Gasteiger partial charge in [-0.25, -0.2) is 0 Å². The largest absolute Gasteiger partial charge is 0.480 e. The molecule has 0 radical (unpaired) electrons. The Morgan fingerprint density at radius 1 is 0.632 bits per heavy atom. The number of hydrogen-bond donors (Lipinski definition) is 0. The molecule has 2 aliphatic heterocycles. The molecule has 196 valence electrons.